The summed E-state index contributed by atoms with van der Waals surface area (Å²) in [4.78, 5) is 35.9. The molecule has 120 valence electrons. The molecule has 0 bridgehead atoms. The standard InChI is InChI=1S/C15H18ClNO5/c1-15(2,3)22-14(20)17-11(13(19)21-4)12(18)9-5-7-10(16)8-6-9/h5-8,11H,1-4H3,(H,17,20). The molecule has 1 unspecified atom stereocenters. The molecular weight excluding hydrogens is 310 g/mol. The minimum absolute atomic E-state index is 0.218. The van der Waals surface area contributed by atoms with E-state index in [0.717, 1.165) is 7.11 Å². The molecule has 1 aromatic carbocycles. The summed E-state index contributed by atoms with van der Waals surface area (Å²) in [6.45, 7) is 5.00. The van der Waals surface area contributed by atoms with Crippen molar-refractivity contribution >= 4 is 29.4 Å². The maximum Gasteiger partial charge on any atom is 0.408 e. The van der Waals surface area contributed by atoms with Gasteiger partial charge in [0.1, 0.15) is 5.60 Å². The number of rotatable bonds is 4. The number of nitrogens with one attached hydrogen (secondary N) is 1. The SMILES string of the molecule is COC(=O)C(NC(=O)OC(C)(C)C)C(=O)c1ccc(Cl)cc1. The predicted octanol–water partition coefficient (Wildman–Crippen LogP) is 2.59. The quantitative estimate of drug-likeness (QED) is 0.522. The molecule has 22 heavy (non-hydrogen) atoms. The minimum atomic E-state index is -1.49. The molecule has 0 aliphatic heterocycles. The molecule has 0 spiro atoms. The van der Waals surface area contributed by atoms with Crippen molar-refractivity contribution in [2.45, 2.75) is 32.4 Å². The van der Waals surface area contributed by atoms with Crippen LogP contribution in [0.15, 0.2) is 24.3 Å². The minimum Gasteiger partial charge on any atom is -0.467 e. The van der Waals surface area contributed by atoms with E-state index in [1.165, 1.54) is 24.3 Å². The Kier molecular flexibility index (Phi) is 5.93. The number of halogens is 1. The number of esters is 1. The first kappa shape index (κ1) is 18.0. The number of alkyl carbamates (subject to hydrolysis) is 1. The van der Waals surface area contributed by atoms with Gasteiger partial charge in [-0.25, -0.2) is 9.59 Å². The lowest BCUT2D eigenvalue weighted by Crippen LogP contribution is -2.48. The van der Waals surface area contributed by atoms with Crippen LogP contribution in [0.1, 0.15) is 31.1 Å². The maximum atomic E-state index is 12.3. The van der Waals surface area contributed by atoms with Gasteiger partial charge in [0.2, 0.25) is 0 Å². The van der Waals surface area contributed by atoms with E-state index in [4.69, 9.17) is 16.3 Å². The van der Waals surface area contributed by atoms with Gasteiger partial charge in [0.15, 0.2) is 11.8 Å². The van der Waals surface area contributed by atoms with Crippen molar-refractivity contribution in [2.24, 2.45) is 0 Å². The van der Waals surface area contributed by atoms with Gasteiger partial charge < -0.3 is 14.8 Å². The zero-order valence-corrected chi connectivity index (χ0v) is 13.6. The molecule has 1 amide bonds. The average molecular weight is 328 g/mol. The molecule has 0 radical (unpaired) electrons. The molecule has 0 aliphatic rings. The van der Waals surface area contributed by atoms with Gasteiger partial charge in [0.25, 0.3) is 0 Å². The van der Waals surface area contributed by atoms with Crippen LogP contribution in [0.5, 0.6) is 0 Å². The fraction of sp³-hybridized carbons (Fsp3) is 0.400. The molecule has 0 saturated heterocycles. The van der Waals surface area contributed by atoms with Gasteiger partial charge in [-0.3, -0.25) is 4.79 Å². The molecule has 0 heterocycles. The molecule has 1 aromatic rings. The van der Waals surface area contributed by atoms with Crippen molar-refractivity contribution in [3.8, 4) is 0 Å². The highest BCUT2D eigenvalue weighted by molar-refractivity contribution is 6.30. The lowest BCUT2D eigenvalue weighted by molar-refractivity contribution is -0.141. The average Bonchev–Trinajstić information content (AvgIpc) is 2.42. The summed E-state index contributed by atoms with van der Waals surface area (Å²) in [6, 6.07) is 4.45. The molecule has 6 nitrogen and oxygen atoms in total. The maximum absolute atomic E-state index is 12.3. The van der Waals surface area contributed by atoms with Gasteiger partial charge in [-0.1, -0.05) is 11.6 Å². The van der Waals surface area contributed by atoms with E-state index >= 15 is 0 Å². The number of ether oxygens (including phenoxy) is 2. The smallest absolute Gasteiger partial charge is 0.408 e. The van der Waals surface area contributed by atoms with Gasteiger partial charge >= 0.3 is 12.1 Å². The lowest BCUT2D eigenvalue weighted by Gasteiger charge is -2.22. The van der Waals surface area contributed by atoms with Crippen LogP contribution in [-0.4, -0.2) is 36.6 Å². The Hall–Kier alpha value is -2.08. The van der Waals surface area contributed by atoms with E-state index in [-0.39, 0.29) is 5.56 Å². The highest BCUT2D eigenvalue weighted by Gasteiger charge is 2.32. The number of amides is 1. The van der Waals surface area contributed by atoms with Crippen molar-refractivity contribution in [2.75, 3.05) is 7.11 Å². The van der Waals surface area contributed by atoms with Crippen molar-refractivity contribution in [1.82, 2.24) is 5.32 Å². The summed E-state index contributed by atoms with van der Waals surface area (Å²) < 4.78 is 9.59. The molecule has 0 saturated carbocycles. The van der Waals surface area contributed by atoms with Gasteiger partial charge in [-0.2, -0.15) is 0 Å². The molecular formula is C15H18ClNO5. The van der Waals surface area contributed by atoms with E-state index in [1.807, 2.05) is 0 Å². The van der Waals surface area contributed by atoms with Gasteiger partial charge in [0, 0.05) is 10.6 Å². The molecule has 1 N–H and O–H groups in total. The zero-order chi connectivity index (χ0) is 16.9. The van der Waals surface area contributed by atoms with Crippen molar-refractivity contribution in [3.05, 3.63) is 34.9 Å². The van der Waals surface area contributed by atoms with Gasteiger partial charge in [-0.05, 0) is 45.0 Å². The second-order valence-electron chi connectivity index (χ2n) is 5.47. The first-order valence-electron chi connectivity index (χ1n) is 6.51. The first-order valence-corrected chi connectivity index (χ1v) is 6.89. The number of carbonyl (C=O) groups is 3. The Balaban J connectivity index is 2.93. The second kappa shape index (κ2) is 7.26. The summed E-state index contributed by atoms with van der Waals surface area (Å²) >= 11 is 5.75. The molecule has 0 aliphatic carbocycles. The fourth-order valence-electron chi connectivity index (χ4n) is 1.56. The Morgan fingerprint density at radius 1 is 1.14 bits per heavy atom. The zero-order valence-electron chi connectivity index (χ0n) is 12.8. The van der Waals surface area contributed by atoms with Crippen molar-refractivity contribution in [1.29, 1.82) is 0 Å². The summed E-state index contributed by atoms with van der Waals surface area (Å²) in [5.74, 6) is -1.50. The number of hydrogen-bond donors (Lipinski definition) is 1. The third-order valence-corrected chi connectivity index (χ3v) is 2.74. The molecule has 1 atom stereocenters. The third-order valence-electron chi connectivity index (χ3n) is 2.49. The summed E-state index contributed by atoms with van der Waals surface area (Å²) in [5, 5.41) is 2.67. The number of Topliss-reactive ketones (excluding diaryl/α,β-unsaturated/α-hetero) is 1. The predicted molar refractivity (Wildman–Crippen MR) is 81.0 cm³/mol. The van der Waals surface area contributed by atoms with E-state index in [9.17, 15) is 14.4 Å². The van der Waals surface area contributed by atoms with Crippen LogP contribution in [0.25, 0.3) is 0 Å². The van der Waals surface area contributed by atoms with Crippen LogP contribution < -0.4 is 5.32 Å². The van der Waals surface area contributed by atoms with E-state index < -0.39 is 29.5 Å². The molecule has 1 rings (SSSR count). The Labute approximate surface area is 133 Å². The lowest BCUT2D eigenvalue weighted by atomic mass is 10.0. The Bertz CT molecular complexity index is 562. The largest absolute Gasteiger partial charge is 0.467 e. The first-order chi connectivity index (χ1) is 10.1. The number of ketones is 1. The summed E-state index contributed by atoms with van der Waals surface area (Å²) in [6.07, 6.45) is -0.884. The highest BCUT2D eigenvalue weighted by atomic mass is 35.5. The topological polar surface area (TPSA) is 81.7 Å². The molecule has 7 heteroatoms. The van der Waals surface area contributed by atoms with Gasteiger partial charge in [0.05, 0.1) is 7.11 Å². The highest BCUT2D eigenvalue weighted by Crippen LogP contribution is 2.13. The number of carbonyl (C=O) groups excluding carboxylic acids is 3. The van der Waals surface area contributed by atoms with Gasteiger partial charge in [-0.15, -0.1) is 0 Å². The number of hydrogen-bond acceptors (Lipinski definition) is 5. The van der Waals surface area contributed by atoms with Crippen LogP contribution in [-0.2, 0) is 14.3 Å². The van der Waals surface area contributed by atoms with Crippen LogP contribution in [0.3, 0.4) is 0 Å². The number of benzene rings is 1. The summed E-state index contributed by atoms with van der Waals surface area (Å²) in [7, 11) is 1.13. The number of methoxy groups -OCH3 is 1. The van der Waals surface area contributed by atoms with E-state index in [2.05, 4.69) is 10.1 Å². The van der Waals surface area contributed by atoms with Crippen molar-refractivity contribution < 1.29 is 23.9 Å². The fourth-order valence-corrected chi connectivity index (χ4v) is 1.68. The van der Waals surface area contributed by atoms with Crippen LogP contribution in [0.4, 0.5) is 4.79 Å². The van der Waals surface area contributed by atoms with E-state index in [0.29, 0.717) is 5.02 Å². The normalized spacial score (nSPS) is 12.2. The monoisotopic (exact) mass is 327 g/mol. The van der Waals surface area contributed by atoms with Crippen LogP contribution >= 0.6 is 11.6 Å². The third kappa shape index (κ3) is 5.37. The Morgan fingerprint density at radius 3 is 2.14 bits per heavy atom. The van der Waals surface area contributed by atoms with Crippen molar-refractivity contribution in [3.63, 3.8) is 0 Å². The Morgan fingerprint density at radius 2 is 1.68 bits per heavy atom. The van der Waals surface area contributed by atoms with Crippen LogP contribution in [0.2, 0.25) is 5.02 Å². The molecule has 0 fully saturated rings. The summed E-state index contributed by atoms with van der Waals surface area (Å²) in [5.41, 5.74) is -0.537. The van der Waals surface area contributed by atoms with E-state index in [1.54, 1.807) is 20.8 Å². The molecule has 0 aromatic heterocycles. The second-order valence-corrected chi connectivity index (χ2v) is 5.91. The van der Waals surface area contributed by atoms with Crippen LogP contribution in [0, 0.1) is 0 Å².